The van der Waals surface area contributed by atoms with E-state index in [-0.39, 0.29) is 6.10 Å². The van der Waals surface area contributed by atoms with Crippen molar-refractivity contribution in [1.82, 2.24) is 0 Å². The fourth-order valence-corrected chi connectivity index (χ4v) is 0.155. The second kappa shape index (κ2) is 3.30. The predicted molar refractivity (Wildman–Crippen MR) is 29.6 cm³/mol. The van der Waals surface area contributed by atoms with Crippen molar-refractivity contribution >= 4 is 0 Å². The highest BCUT2D eigenvalue weighted by molar-refractivity contribution is 4.81. The Labute approximate surface area is 44.0 Å². The zero-order chi connectivity index (χ0) is 5.70. The molecule has 0 N–H and O–H groups in total. The van der Waals surface area contributed by atoms with Crippen LogP contribution in [0.3, 0.4) is 0 Å². The summed E-state index contributed by atoms with van der Waals surface area (Å²) >= 11 is 0. The zero-order valence-electron chi connectivity index (χ0n) is 4.35. The van der Waals surface area contributed by atoms with Gasteiger partial charge in [-0.3, -0.25) is 0 Å². The van der Waals surface area contributed by atoms with Crippen LogP contribution in [0.4, 0.5) is 0 Å². The maximum absolute atomic E-state index is 4.78. The molecule has 0 fully saturated rings. The second-order valence-electron chi connectivity index (χ2n) is 1.18. The lowest BCUT2D eigenvalue weighted by Crippen LogP contribution is -1.96. The Kier molecular flexibility index (Phi) is 2.87. The Morgan fingerprint density at radius 3 is 2.71 bits per heavy atom. The quantitative estimate of drug-likeness (QED) is 0.370. The maximum atomic E-state index is 4.78. The number of terminal acetylenes is 1. The molecular weight excluding hydrogens is 88.1 g/mol. The third kappa shape index (κ3) is 2.92. The summed E-state index contributed by atoms with van der Waals surface area (Å²) in [7, 11) is 0. The van der Waals surface area contributed by atoms with Gasteiger partial charge in [-0.05, 0) is 6.92 Å². The van der Waals surface area contributed by atoms with Crippen LogP contribution in [0.15, 0.2) is 12.7 Å². The largest absolute Gasteiger partial charge is 0.440 e. The summed E-state index contributed by atoms with van der Waals surface area (Å²) in [6, 6.07) is 0. The van der Waals surface area contributed by atoms with E-state index >= 15 is 0 Å². The van der Waals surface area contributed by atoms with Crippen LogP contribution in [-0.4, -0.2) is 6.10 Å². The van der Waals surface area contributed by atoms with Gasteiger partial charge in [-0.15, -0.1) is 0 Å². The van der Waals surface area contributed by atoms with Crippen molar-refractivity contribution in [2.45, 2.75) is 13.0 Å². The van der Waals surface area contributed by atoms with Crippen molar-refractivity contribution in [2.24, 2.45) is 0 Å². The Bertz CT molecular complexity index is 88.8. The summed E-state index contributed by atoms with van der Waals surface area (Å²) in [6.45, 7) is 5.28. The van der Waals surface area contributed by atoms with Gasteiger partial charge in [0, 0.05) is 0 Å². The third-order valence-electron chi connectivity index (χ3n) is 0.586. The fourth-order valence-electron chi connectivity index (χ4n) is 0.155. The van der Waals surface area contributed by atoms with Gasteiger partial charge >= 0.3 is 0 Å². The molecule has 0 amide bonds. The highest BCUT2D eigenvalue weighted by atomic mass is 16.5. The van der Waals surface area contributed by atoms with Gasteiger partial charge in [0.1, 0.15) is 12.2 Å². The first-order valence-corrected chi connectivity index (χ1v) is 2.05. The van der Waals surface area contributed by atoms with Crippen molar-refractivity contribution < 1.29 is 4.74 Å². The zero-order valence-corrected chi connectivity index (χ0v) is 4.35. The Morgan fingerprint density at radius 1 is 2.00 bits per heavy atom. The Hall–Kier alpha value is -0.900. The maximum Gasteiger partial charge on any atom is 0.126 e. The van der Waals surface area contributed by atoms with Crippen molar-refractivity contribution in [2.75, 3.05) is 0 Å². The topological polar surface area (TPSA) is 9.23 Å². The Morgan fingerprint density at radius 2 is 2.57 bits per heavy atom. The minimum atomic E-state index is -0.0231. The van der Waals surface area contributed by atoms with Gasteiger partial charge in [-0.1, -0.05) is 19.1 Å². The van der Waals surface area contributed by atoms with Crippen LogP contribution in [-0.2, 0) is 4.74 Å². The molecule has 0 bridgehead atoms. The van der Waals surface area contributed by atoms with Crippen molar-refractivity contribution in [3.63, 3.8) is 0 Å². The number of rotatable bonds is 2. The molecule has 1 unspecified atom stereocenters. The molecular formula is C6H8O. The number of ether oxygens (including phenoxy) is 1. The summed E-state index contributed by atoms with van der Waals surface area (Å²) in [6.07, 6.45) is 8.45. The van der Waals surface area contributed by atoms with E-state index in [1.807, 2.05) is 13.0 Å². The van der Waals surface area contributed by atoms with Gasteiger partial charge in [0.15, 0.2) is 0 Å². The van der Waals surface area contributed by atoms with Crippen molar-refractivity contribution in [3.05, 3.63) is 12.7 Å². The number of hydrogen-bond donors (Lipinski definition) is 0. The lowest BCUT2D eigenvalue weighted by atomic mass is 10.4. The molecule has 1 atom stereocenters. The molecule has 7 heavy (non-hydrogen) atoms. The molecule has 0 saturated carbocycles. The smallest absolute Gasteiger partial charge is 0.126 e. The second-order valence-corrected chi connectivity index (χ2v) is 1.18. The van der Waals surface area contributed by atoms with Gasteiger partial charge in [0.2, 0.25) is 0 Å². The molecule has 0 aliphatic rings. The van der Waals surface area contributed by atoms with E-state index in [9.17, 15) is 0 Å². The summed E-state index contributed by atoms with van der Waals surface area (Å²) in [5.41, 5.74) is 0. The van der Waals surface area contributed by atoms with Crippen LogP contribution < -0.4 is 0 Å². The minimum absolute atomic E-state index is 0.0231. The van der Waals surface area contributed by atoms with Crippen LogP contribution in [0.1, 0.15) is 6.92 Å². The number of hydrogen-bond acceptors (Lipinski definition) is 1. The molecule has 0 aromatic rings. The first-order chi connectivity index (χ1) is 3.31. The summed E-state index contributed by atoms with van der Waals surface area (Å²) in [5.74, 6) is 0. The highest BCUT2D eigenvalue weighted by Gasteiger charge is 1.86. The molecule has 0 aromatic heterocycles. The fraction of sp³-hybridized carbons (Fsp3) is 0.333. The molecule has 0 aliphatic carbocycles. The van der Waals surface area contributed by atoms with Gasteiger partial charge in [0.25, 0.3) is 0 Å². The summed E-state index contributed by atoms with van der Waals surface area (Å²) in [5, 5.41) is 0. The first kappa shape index (κ1) is 6.10. The van der Waals surface area contributed by atoms with E-state index in [0.29, 0.717) is 0 Å². The van der Waals surface area contributed by atoms with E-state index < -0.39 is 0 Å². The third-order valence-corrected chi connectivity index (χ3v) is 0.586. The predicted octanol–water partition coefficient (Wildman–Crippen LogP) is 1.17. The molecule has 0 heterocycles. The van der Waals surface area contributed by atoms with Gasteiger partial charge in [-0.2, -0.15) is 0 Å². The average molecular weight is 96.1 g/mol. The van der Waals surface area contributed by atoms with Crippen molar-refractivity contribution in [3.8, 4) is 12.5 Å². The SMILES string of the molecule is C#COC(C)C=C. The van der Waals surface area contributed by atoms with Crippen LogP contribution in [0, 0.1) is 12.5 Å². The van der Waals surface area contributed by atoms with E-state index in [1.165, 1.54) is 0 Å². The summed E-state index contributed by atoms with van der Waals surface area (Å²) in [4.78, 5) is 0. The molecule has 1 nitrogen and oxygen atoms in total. The van der Waals surface area contributed by atoms with E-state index in [0.717, 1.165) is 0 Å². The summed E-state index contributed by atoms with van der Waals surface area (Å²) < 4.78 is 4.60. The molecule has 0 aliphatic heterocycles. The minimum Gasteiger partial charge on any atom is -0.440 e. The molecule has 0 aromatic carbocycles. The lowest BCUT2D eigenvalue weighted by molar-refractivity contribution is 0.231. The molecule has 38 valence electrons. The molecule has 1 heteroatoms. The lowest BCUT2D eigenvalue weighted by Gasteiger charge is -1.98. The van der Waals surface area contributed by atoms with Crippen LogP contribution in [0.5, 0.6) is 0 Å². The van der Waals surface area contributed by atoms with Crippen LogP contribution in [0.25, 0.3) is 0 Å². The Balaban J connectivity index is 3.21. The van der Waals surface area contributed by atoms with Crippen molar-refractivity contribution in [1.29, 1.82) is 0 Å². The van der Waals surface area contributed by atoms with Gasteiger partial charge in [-0.25, -0.2) is 0 Å². The molecule has 0 saturated heterocycles. The standard InChI is InChI=1S/C6H8O/c1-4-6(3)7-5-2/h2,4,6H,1H2,3H3. The highest BCUT2D eigenvalue weighted by Crippen LogP contribution is 1.85. The van der Waals surface area contributed by atoms with Crippen LogP contribution in [0.2, 0.25) is 0 Å². The molecule has 0 spiro atoms. The van der Waals surface area contributed by atoms with E-state index in [2.05, 4.69) is 11.3 Å². The normalized spacial score (nSPS) is 11.4. The monoisotopic (exact) mass is 96.1 g/mol. The molecule has 0 rings (SSSR count). The average Bonchev–Trinajstić information content (AvgIpc) is 1.68. The molecule has 0 radical (unpaired) electrons. The first-order valence-electron chi connectivity index (χ1n) is 2.05. The van der Waals surface area contributed by atoms with Gasteiger partial charge in [0.05, 0.1) is 0 Å². The van der Waals surface area contributed by atoms with Crippen LogP contribution >= 0.6 is 0 Å². The van der Waals surface area contributed by atoms with E-state index in [1.54, 1.807) is 6.08 Å². The van der Waals surface area contributed by atoms with Gasteiger partial charge < -0.3 is 4.74 Å². The van der Waals surface area contributed by atoms with E-state index in [4.69, 9.17) is 6.42 Å².